The van der Waals surface area contributed by atoms with Crippen LogP contribution in [-0.2, 0) is 0 Å². The van der Waals surface area contributed by atoms with Gasteiger partial charge >= 0.3 is 0 Å². The molecule has 0 fully saturated rings. The summed E-state index contributed by atoms with van der Waals surface area (Å²) >= 11 is 4.18. The van der Waals surface area contributed by atoms with E-state index in [0.717, 1.165) is 6.42 Å². The van der Waals surface area contributed by atoms with Crippen molar-refractivity contribution in [3.8, 4) is 0 Å². The second-order valence-corrected chi connectivity index (χ2v) is 6.25. The van der Waals surface area contributed by atoms with Crippen molar-refractivity contribution in [2.45, 2.75) is 95.8 Å². The van der Waals surface area contributed by atoms with E-state index in [0.29, 0.717) is 0 Å². The molecule has 0 aliphatic rings. The first kappa shape index (κ1) is 19.1. The third kappa shape index (κ3) is 18.1. The van der Waals surface area contributed by atoms with Crippen LogP contribution in [0, 0.1) is 0 Å². The van der Waals surface area contributed by atoms with Gasteiger partial charge in [0, 0.05) is 5.37 Å². The fourth-order valence-corrected chi connectivity index (χ4v) is 2.43. The third-order valence-corrected chi connectivity index (χ3v) is 3.77. The largest absolute Gasteiger partial charge is 0.320 e. The number of nitrogens with two attached hydrogens (primary N) is 1. The molecule has 0 rings (SSSR count). The highest BCUT2D eigenvalue weighted by atomic mass is 32.1. The predicted molar refractivity (Wildman–Crippen MR) is 91.8 cm³/mol. The van der Waals surface area contributed by atoms with Crippen molar-refractivity contribution in [3.05, 3.63) is 12.2 Å². The van der Waals surface area contributed by atoms with E-state index in [2.05, 4.69) is 31.7 Å². The van der Waals surface area contributed by atoms with Gasteiger partial charge < -0.3 is 5.73 Å². The molecule has 0 aliphatic heterocycles. The van der Waals surface area contributed by atoms with Gasteiger partial charge in [0.25, 0.3) is 0 Å². The van der Waals surface area contributed by atoms with E-state index in [-0.39, 0.29) is 5.37 Å². The van der Waals surface area contributed by atoms with Crippen molar-refractivity contribution in [3.63, 3.8) is 0 Å². The summed E-state index contributed by atoms with van der Waals surface area (Å²) in [4.78, 5) is 0. The number of rotatable bonds is 14. The van der Waals surface area contributed by atoms with Crippen molar-refractivity contribution in [2.24, 2.45) is 5.73 Å². The van der Waals surface area contributed by atoms with Crippen LogP contribution in [0.25, 0.3) is 0 Å². The number of unbranched alkanes of at least 4 members (excludes halogenated alkanes) is 10. The summed E-state index contributed by atoms with van der Waals surface area (Å²) in [5, 5.41) is 0.0808. The number of hydrogen-bond acceptors (Lipinski definition) is 2. The van der Waals surface area contributed by atoms with Gasteiger partial charge in [-0.2, -0.15) is 12.6 Å². The Kier molecular flexibility index (Phi) is 16.1. The van der Waals surface area contributed by atoms with E-state index in [1.165, 1.54) is 77.0 Å². The van der Waals surface area contributed by atoms with Gasteiger partial charge in [0.2, 0.25) is 0 Å². The first-order valence-electron chi connectivity index (χ1n) is 8.36. The fourth-order valence-electron chi connectivity index (χ4n) is 2.25. The lowest BCUT2D eigenvalue weighted by Crippen LogP contribution is -2.10. The maximum atomic E-state index is 5.59. The molecule has 2 heteroatoms. The van der Waals surface area contributed by atoms with Gasteiger partial charge in [-0.15, -0.1) is 0 Å². The monoisotopic (exact) mass is 285 g/mol. The molecule has 1 unspecified atom stereocenters. The first-order chi connectivity index (χ1) is 9.27. The van der Waals surface area contributed by atoms with Gasteiger partial charge in [0.1, 0.15) is 0 Å². The number of allylic oxidation sites excluding steroid dienone is 2. The molecule has 0 aromatic rings. The molecule has 1 atom stereocenters. The summed E-state index contributed by atoms with van der Waals surface area (Å²) in [5.74, 6) is 0. The fraction of sp³-hybridized carbons (Fsp3) is 0.882. The average Bonchev–Trinajstić information content (AvgIpc) is 2.39. The van der Waals surface area contributed by atoms with Gasteiger partial charge in [-0.25, -0.2) is 0 Å². The Morgan fingerprint density at radius 1 is 0.789 bits per heavy atom. The van der Waals surface area contributed by atoms with E-state index in [1.807, 2.05) is 0 Å². The molecular formula is C17H35NS. The zero-order valence-electron chi connectivity index (χ0n) is 12.9. The summed E-state index contributed by atoms with van der Waals surface area (Å²) in [5.41, 5.74) is 5.59. The molecule has 19 heavy (non-hydrogen) atoms. The summed E-state index contributed by atoms with van der Waals surface area (Å²) in [6, 6.07) is 0. The van der Waals surface area contributed by atoms with Crippen LogP contribution in [0.15, 0.2) is 12.2 Å². The lowest BCUT2D eigenvalue weighted by Gasteiger charge is -2.02. The van der Waals surface area contributed by atoms with Crippen LogP contribution in [0.1, 0.15) is 90.4 Å². The molecular weight excluding hydrogens is 250 g/mol. The van der Waals surface area contributed by atoms with E-state index >= 15 is 0 Å². The second kappa shape index (κ2) is 16.1. The maximum Gasteiger partial charge on any atom is 0.0477 e. The van der Waals surface area contributed by atoms with E-state index in [4.69, 9.17) is 5.73 Å². The van der Waals surface area contributed by atoms with Crippen molar-refractivity contribution in [1.29, 1.82) is 0 Å². The minimum Gasteiger partial charge on any atom is -0.320 e. The number of thiol groups is 1. The smallest absolute Gasteiger partial charge is 0.0477 e. The second-order valence-electron chi connectivity index (χ2n) is 5.59. The molecule has 0 saturated carbocycles. The van der Waals surface area contributed by atoms with Gasteiger partial charge in [-0.3, -0.25) is 0 Å². The van der Waals surface area contributed by atoms with Crippen LogP contribution in [0.2, 0.25) is 0 Å². The zero-order valence-corrected chi connectivity index (χ0v) is 13.8. The van der Waals surface area contributed by atoms with Gasteiger partial charge in [0.15, 0.2) is 0 Å². The zero-order chi connectivity index (χ0) is 14.2. The molecule has 0 aliphatic carbocycles. The van der Waals surface area contributed by atoms with Gasteiger partial charge in [-0.05, 0) is 32.1 Å². The minimum absolute atomic E-state index is 0.0808. The predicted octanol–water partition coefficient (Wildman–Crippen LogP) is 5.85. The van der Waals surface area contributed by atoms with Crippen molar-refractivity contribution in [2.75, 3.05) is 0 Å². The van der Waals surface area contributed by atoms with Crippen LogP contribution in [0.3, 0.4) is 0 Å². The minimum atomic E-state index is 0.0808. The van der Waals surface area contributed by atoms with Crippen LogP contribution in [0.4, 0.5) is 0 Å². The van der Waals surface area contributed by atoms with E-state index in [9.17, 15) is 0 Å². The first-order valence-corrected chi connectivity index (χ1v) is 8.87. The number of hydrogen-bond donors (Lipinski definition) is 2. The Labute approximate surface area is 126 Å². The topological polar surface area (TPSA) is 26.0 Å². The summed E-state index contributed by atoms with van der Waals surface area (Å²) in [7, 11) is 0. The maximum absolute atomic E-state index is 5.59. The van der Waals surface area contributed by atoms with E-state index < -0.39 is 0 Å². The summed E-state index contributed by atoms with van der Waals surface area (Å²) in [6.07, 6.45) is 21.9. The third-order valence-electron chi connectivity index (χ3n) is 3.51. The molecule has 0 radical (unpaired) electrons. The lowest BCUT2D eigenvalue weighted by molar-refractivity contribution is 0.607. The molecule has 114 valence electrons. The molecule has 0 amide bonds. The molecule has 0 saturated heterocycles. The van der Waals surface area contributed by atoms with Crippen molar-refractivity contribution in [1.82, 2.24) is 0 Å². The quantitative estimate of drug-likeness (QED) is 0.178. The van der Waals surface area contributed by atoms with Crippen molar-refractivity contribution >= 4 is 12.6 Å². The molecule has 0 aromatic heterocycles. The molecule has 2 N–H and O–H groups in total. The molecule has 0 spiro atoms. The summed E-state index contributed by atoms with van der Waals surface area (Å²) in [6.45, 7) is 2.27. The standard InChI is InChI=1S/C17H35NS/c1-2-3-4-5-6-7-8-9-10-11-12-13-14-15-16-17(18)19/h9-10,17,19H,2-8,11-16,18H2,1H3/b10-9-. The Bertz CT molecular complexity index is 190. The van der Waals surface area contributed by atoms with Crippen LogP contribution in [0.5, 0.6) is 0 Å². The highest BCUT2D eigenvalue weighted by Gasteiger charge is 1.94. The van der Waals surface area contributed by atoms with Gasteiger partial charge in [-0.1, -0.05) is 70.4 Å². The summed E-state index contributed by atoms with van der Waals surface area (Å²) < 4.78 is 0. The Morgan fingerprint density at radius 2 is 1.26 bits per heavy atom. The average molecular weight is 286 g/mol. The molecule has 1 nitrogen and oxygen atoms in total. The van der Waals surface area contributed by atoms with Gasteiger partial charge in [0.05, 0.1) is 0 Å². The van der Waals surface area contributed by atoms with E-state index in [1.54, 1.807) is 0 Å². The Hall–Kier alpha value is 0.0500. The normalized spacial score (nSPS) is 13.2. The molecule has 0 heterocycles. The Morgan fingerprint density at radius 3 is 1.79 bits per heavy atom. The van der Waals surface area contributed by atoms with Crippen LogP contribution < -0.4 is 5.73 Å². The van der Waals surface area contributed by atoms with Crippen LogP contribution >= 0.6 is 12.6 Å². The SMILES string of the molecule is CCCCCCCC/C=C\CCCCCCC(N)S. The highest BCUT2D eigenvalue weighted by molar-refractivity contribution is 7.80. The molecule has 0 bridgehead atoms. The molecule has 0 aromatic carbocycles. The van der Waals surface area contributed by atoms with Crippen LogP contribution in [-0.4, -0.2) is 5.37 Å². The lowest BCUT2D eigenvalue weighted by atomic mass is 10.1. The van der Waals surface area contributed by atoms with Crippen molar-refractivity contribution < 1.29 is 0 Å². The highest BCUT2D eigenvalue weighted by Crippen LogP contribution is 2.10. The Balaban J connectivity index is 3.05.